The molecule has 0 bridgehead atoms. The topological polar surface area (TPSA) is 60.9 Å². The summed E-state index contributed by atoms with van der Waals surface area (Å²) in [6, 6.07) is 7.99. The third-order valence-electron chi connectivity index (χ3n) is 5.99. The molecule has 1 aliphatic carbocycles. The van der Waals surface area contributed by atoms with Crippen LogP contribution in [-0.2, 0) is 19.8 Å². The number of benzene rings is 1. The van der Waals surface area contributed by atoms with Gasteiger partial charge in [0.05, 0.1) is 5.41 Å². The Morgan fingerprint density at radius 2 is 1.22 bits per heavy atom. The fraction of sp³-hybridized carbons (Fsp3) is 0.550. The van der Waals surface area contributed by atoms with Crippen LogP contribution in [0, 0.1) is 0 Å². The van der Waals surface area contributed by atoms with Crippen molar-refractivity contribution in [3.05, 3.63) is 34.3 Å². The highest BCUT2D eigenvalue weighted by molar-refractivity contribution is 9.10. The monoisotopic (exact) mass is 433 g/mol. The second-order valence-corrected chi connectivity index (χ2v) is 8.59. The Balaban J connectivity index is 1.36. The fourth-order valence-electron chi connectivity index (χ4n) is 4.13. The Kier molecular flexibility index (Phi) is 4.97. The van der Waals surface area contributed by atoms with E-state index in [0.717, 1.165) is 35.7 Å². The summed E-state index contributed by atoms with van der Waals surface area (Å²) in [6.45, 7) is 3.21. The average Bonchev–Trinajstić information content (AvgIpc) is 3.32. The van der Waals surface area contributed by atoms with Gasteiger partial charge >= 0.3 is 11.8 Å². The summed E-state index contributed by atoms with van der Waals surface area (Å²) in [5.74, 6) is -0.651. The first-order valence-corrected chi connectivity index (χ1v) is 10.4. The quantitative estimate of drug-likeness (QED) is 0.667. The van der Waals surface area contributed by atoms with Gasteiger partial charge in [0, 0.05) is 43.7 Å². The van der Waals surface area contributed by atoms with Crippen molar-refractivity contribution in [2.75, 3.05) is 39.3 Å². The SMILES string of the molecule is O=C(C(=O)N1CCN(C(=O)C2(c3ccc(Br)cc3)CC2)CC1)N1CCCC1. The first-order valence-electron chi connectivity index (χ1n) is 9.65. The van der Waals surface area contributed by atoms with Crippen LogP contribution >= 0.6 is 15.9 Å². The highest BCUT2D eigenvalue weighted by Crippen LogP contribution is 2.49. The van der Waals surface area contributed by atoms with Crippen molar-refractivity contribution in [1.29, 1.82) is 0 Å². The lowest BCUT2D eigenvalue weighted by molar-refractivity contribution is -0.153. The molecule has 2 saturated heterocycles. The Morgan fingerprint density at radius 3 is 1.74 bits per heavy atom. The number of amides is 3. The van der Waals surface area contributed by atoms with Gasteiger partial charge in [0.1, 0.15) is 0 Å². The van der Waals surface area contributed by atoms with Crippen molar-refractivity contribution < 1.29 is 14.4 Å². The van der Waals surface area contributed by atoms with E-state index in [1.807, 2.05) is 29.2 Å². The lowest BCUT2D eigenvalue weighted by Gasteiger charge is -2.36. The molecule has 1 aromatic carbocycles. The maximum Gasteiger partial charge on any atom is 0.312 e. The molecule has 2 heterocycles. The maximum atomic E-state index is 13.1. The first-order chi connectivity index (χ1) is 13.0. The predicted octanol–water partition coefficient (Wildman–Crippen LogP) is 1.77. The number of piperazine rings is 1. The molecule has 3 aliphatic rings. The molecular weight excluding hydrogens is 410 g/mol. The Morgan fingerprint density at radius 1 is 0.741 bits per heavy atom. The molecule has 0 aromatic heterocycles. The van der Waals surface area contributed by atoms with Crippen LogP contribution in [0.25, 0.3) is 0 Å². The van der Waals surface area contributed by atoms with Crippen LogP contribution in [0.15, 0.2) is 28.7 Å². The molecule has 3 fully saturated rings. The summed E-state index contributed by atoms with van der Waals surface area (Å²) in [5, 5.41) is 0. The van der Waals surface area contributed by atoms with Gasteiger partial charge in [-0.3, -0.25) is 14.4 Å². The van der Waals surface area contributed by atoms with Crippen molar-refractivity contribution in [1.82, 2.24) is 14.7 Å². The molecule has 3 amide bonds. The zero-order valence-corrected chi connectivity index (χ0v) is 16.9. The molecule has 0 radical (unpaired) electrons. The summed E-state index contributed by atoms with van der Waals surface area (Å²) in [6.07, 6.45) is 3.69. The van der Waals surface area contributed by atoms with Gasteiger partial charge in [0.15, 0.2) is 0 Å². The largest absolute Gasteiger partial charge is 0.338 e. The van der Waals surface area contributed by atoms with Crippen LogP contribution in [0.5, 0.6) is 0 Å². The second kappa shape index (κ2) is 7.26. The minimum absolute atomic E-state index is 0.155. The first kappa shape index (κ1) is 18.5. The van der Waals surface area contributed by atoms with Crippen molar-refractivity contribution in [2.45, 2.75) is 31.1 Å². The van der Waals surface area contributed by atoms with Gasteiger partial charge < -0.3 is 14.7 Å². The summed E-state index contributed by atoms with van der Waals surface area (Å²) in [4.78, 5) is 43.0. The molecule has 6 nitrogen and oxygen atoms in total. The molecule has 144 valence electrons. The minimum Gasteiger partial charge on any atom is -0.338 e. The summed E-state index contributed by atoms with van der Waals surface area (Å²) in [5.41, 5.74) is 0.677. The molecule has 0 spiro atoms. The van der Waals surface area contributed by atoms with Gasteiger partial charge in [-0.15, -0.1) is 0 Å². The zero-order valence-electron chi connectivity index (χ0n) is 15.3. The van der Waals surface area contributed by atoms with Gasteiger partial charge in [-0.25, -0.2) is 0 Å². The van der Waals surface area contributed by atoms with Crippen LogP contribution in [-0.4, -0.2) is 71.7 Å². The molecule has 0 N–H and O–H groups in total. The number of nitrogens with zero attached hydrogens (tertiary/aromatic N) is 3. The normalized spacial score (nSPS) is 21.3. The van der Waals surface area contributed by atoms with E-state index in [2.05, 4.69) is 15.9 Å². The van der Waals surface area contributed by atoms with E-state index in [9.17, 15) is 14.4 Å². The van der Waals surface area contributed by atoms with Crippen molar-refractivity contribution in [2.24, 2.45) is 0 Å². The second-order valence-electron chi connectivity index (χ2n) is 7.67. The molecule has 4 rings (SSSR count). The highest BCUT2D eigenvalue weighted by atomic mass is 79.9. The fourth-order valence-corrected chi connectivity index (χ4v) is 4.39. The lowest BCUT2D eigenvalue weighted by Crippen LogP contribution is -2.55. The maximum absolute atomic E-state index is 13.1. The highest BCUT2D eigenvalue weighted by Gasteiger charge is 2.53. The third kappa shape index (κ3) is 3.49. The average molecular weight is 434 g/mol. The molecule has 0 unspecified atom stereocenters. The molecule has 2 aliphatic heterocycles. The van der Waals surface area contributed by atoms with E-state index in [-0.39, 0.29) is 11.8 Å². The number of hydrogen-bond donors (Lipinski definition) is 0. The number of likely N-dealkylation sites (tertiary alicyclic amines) is 1. The molecule has 7 heteroatoms. The number of hydrogen-bond acceptors (Lipinski definition) is 3. The van der Waals surface area contributed by atoms with Crippen LogP contribution < -0.4 is 0 Å². The molecule has 1 saturated carbocycles. The van der Waals surface area contributed by atoms with Crippen LogP contribution in [0.1, 0.15) is 31.2 Å². The van der Waals surface area contributed by atoms with Gasteiger partial charge in [-0.05, 0) is 43.4 Å². The molecule has 27 heavy (non-hydrogen) atoms. The predicted molar refractivity (Wildman–Crippen MR) is 104 cm³/mol. The zero-order chi connectivity index (χ0) is 19.0. The molecule has 1 aromatic rings. The number of halogens is 1. The van der Waals surface area contributed by atoms with E-state index in [1.54, 1.807) is 9.80 Å². The van der Waals surface area contributed by atoms with Crippen molar-refractivity contribution >= 4 is 33.7 Å². The van der Waals surface area contributed by atoms with Crippen LogP contribution in [0.3, 0.4) is 0 Å². The van der Waals surface area contributed by atoms with Crippen LogP contribution in [0.4, 0.5) is 0 Å². The van der Waals surface area contributed by atoms with Crippen LogP contribution in [0.2, 0.25) is 0 Å². The minimum atomic E-state index is -0.418. The van der Waals surface area contributed by atoms with Crippen molar-refractivity contribution in [3.63, 3.8) is 0 Å². The molecule has 0 atom stereocenters. The van der Waals surface area contributed by atoms with E-state index in [0.29, 0.717) is 39.3 Å². The number of carbonyl (C=O) groups is 3. The summed E-state index contributed by atoms with van der Waals surface area (Å²) in [7, 11) is 0. The van der Waals surface area contributed by atoms with E-state index < -0.39 is 11.3 Å². The van der Waals surface area contributed by atoms with E-state index in [4.69, 9.17) is 0 Å². The number of carbonyl (C=O) groups excluding carboxylic acids is 3. The van der Waals surface area contributed by atoms with Gasteiger partial charge in [0.25, 0.3) is 0 Å². The van der Waals surface area contributed by atoms with E-state index >= 15 is 0 Å². The van der Waals surface area contributed by atoms with Gasteiger partial charge in [-0.2, -0.15) is 0 Å². The third-order valence-corrected chi connectivity index (χ3v) is 6.52. The lowest BCUT2D eigenvalue weighted by atomic mass is 9.94. The summed E-state index contributed by atoms with van der Waals surface area (Å²) < 4.78 is 1.00. The van der Waals surface area contributed by atoms with Crippen molar-refractivity contribution in [3.8, 4) is 0 Å². The number of rotatable bonds is 2. The Labute approximate surface area is 167 Å². The Bertz CT molecular complexity index is 746. The van der Waals surface area contributed by atoms with Gasteiger partial charge in [0.2, 0.25) is 5.91 Å². The standard InChI is InChI=1S/C20H24BrN3O3/c21-16-5-3-15(4-6-16)20(7-8-20)19(27)24-13-11-23(12-14-24)18(26)17(25)22-9-1-2-10-22/h3-6H,1-2,7-14H2. The smallest absolute Gasteiger partial charge is 0.312 e. The van der Waals surface area contributed by atoms with E-state index in [1.165, 1.54) is 0 Å². The van der Waals surface area contributed by atoms with Gasteiger partial charge in [-0.1, -0.05) is 28.1 Å². The Hall–Kier alpha value is -1.89. The molecular formula is C20H24BrN3O3. The summed E-state index contributed by atoms with van der Waals surface area (Å²) >= 11 is 3.44.